The van der Waals surface area contributed by atoms with Crippen LogP contribution in [0.4, 0.5) is 5.69 Å². The van der Waals surface area contributed by atoms with Crippen LogP contribution in [0.25, 0.3) is 0 Å². The number of nitrogens with zero attached hydrogens (tertiary/aromatic N) is 2. The Bertz CT molecular complexity index is 618. The van der Waals surface area contributed by atoms with E-state index in [0.717, 1.165) is 51.8 Å². The SMILES string of the molecule is CCNC(=NCc1ccc(N2CCOCC2)cc1)NCCC1=CCCCC1. The van der Waals surface area contributed by atoms with Crippen molar-refractivity contribution in [2.45, 2.75) is 45.6 Å². The summed E-state index contributed by atoms with van der Waals surface area (Å²) < 4.78 is 5.43. The molecule has 1 saturated heterocycles. The highest BCUT2D eigenvalue weighted by atomic mass is 16.5. The normalized spacial score (nSPS) is 18.2. The number of rotatable bonds is 7. The van der Waals surface area contributed by atoms with Crippen LogP contribution >= 0.6 is 0 Å². The van der Waals surface area contributed by atoms with Crippen LogP contribution in [0, 0.1) is 0 Å². The maximum Gasteiger partial charge on any atom is 0.191 e. The van der Waals surface area contributed by atoms with E-state index in [1.54, 1.807) is 5.57 Å². The van der Waals surface area contributed by atoms with Gasteiger partial charge in [-0.3, -0.25) is 0 Å². The van der Waals surface area contributed by atoms with E-state index >= 15 is 0 Å². The van der Waals surface area contributed by atoms with Crippen molar-refractivity contribution in [3.8, 4) is 0 Å². The molecule has 5 nitrogen and oxygen atoms in total. The summed E-state index contributed by atoms with van der Waals surface area (Å²) in [6.45, 7) is 8.23. The molecular weight excluding hydrogens is 336 g/mol. The Hall–Kier alpha value is -2.01. The minimum atomic E-state index is 0.696. The van der Waals surface area contributed by atoms with Crippen LogP contribution in [-0.4, -0.2) is 45.4 Å². The van der Waals surface area contributed by atoms with Crippen molar-refractivity contribution in [3.05, 3.63) is 41.5 Å². The van der Waals surface area contributed by atoms with Gasteiger partial charge in [-0.05, 0) is 56.7 Å². The van der Waals surface area contributed by atoms with Crippen LogP contribution < -0.4 is 15.5 Å². The molecule has 27 heavy (non-hydrogen) atoms. The Morgan fingerprint density at radius 2 is 1.93 bits per heavy atom. The van der Waals surface area contributed by atoms with Gasteiger partial charge in [-0.1, -0.05) is 23.8 Å². The van der Waals surface area contributed by atoms with E-state index in [4.69, 9.17) is 9.73 Å². The lowest BCUT2D eigenvalue weighted by Crippen LogP contribution is -2.37. The first-order chi connectivity index (χ1) is 13.3. The average Bonchev–Trinajstić information content (AvgIpc) is 2.74. The number of hydrogen-bond donors (Lipinski definition) is 2. The summed E-state index contributed by atoms with van der Waals surface area (Å²) in [4.78, 5) is 7.13. The molecule has 0 atom stereocenters. The second-order valence-electron chi connectivity index (χ2n) is 7.25. The van der Waals surface area contributed by atoms with E-state index in [1.165, 1.54) is 36.9 Å². The number of benzene rings is 1. The minimum Gasteiger partial charge on any atom is -0.378 e. The maximum atomic E-state index is 5.43. The number of nitrogens with one attached hydrogen (secondary N) is 2. The van der Waals surface area contributed by atoms with Gasteiger partial charge in [-0.2, -0.15) is 0 Å². The van der Waals surface area contributed by atoms with Gasteiger partial charge in [0.1, 0.15) is 0 Å². The molecule has 0 spiro atoms. The molecule has 5 heteroatoms. The number of morpholine rings is 1. The van der Waals surface area contributed by atoms with E-state index in [-0.39, 0.29) is 0 Å². The van der Waals surface area contributed by atoms with E-state index in [2.05, 4.69) is 52.8 Å². The number of allylic oxidation sites excluding steroid dienone is 1. The molecule has 0 saturated carbocycles. The molecule has 1 heterocycles. The van der Waals surface area contributed by atoms with Crippen LogP contribution in [0.1, 0.15) is 44.6 Å². The quantitative estimate of drug-likeness (QED) is 0.438. The molecule has 2 N–H and O–H groups in total. The Morgan fingerprint density at radius 3 is 2.63 bits per heavy atom. The van der Waals surface area contributed by atoms with Gasteiger partial charge in [0.15, 0.2) is 5.96 Å². The molecule has 2 aliphatic rings. The van der Waals surface area contributed by atoms with Crippen molar-refractivity contribution in [2.24, 2.45) is 4.99 Å². The summed E-state index contributed by atoms with van der Waals surface area (Å²) in [6, 6.07) is 8.77. The van der Waals surface area contributed by atoms with E-state index in [0.29, 0.717) is 6.54 Å². The smallest absolute Gasteiger partial charge is 0.191 e. The predicted molar refractivity (Wildman–Crippen MR) is 113 cm³/mol. The Morgan fingerprint density at radius 1 is 1.11 bits per heavy atom. The van der Waals surface area contributed by atoms with Crippen molar-refractivity contribution in [3.63, 3.8) is 0 Å². The summed E-state index contributed by atoms with van der Waals surface area (Å²) in [6.07, 6.45) is 8.77. The molecule has 1 aliphatic heterocycles. The van der Waals surface area contributed by atoms with Crippen LogP contribution in [0.15, 0.2) is 40.9 Å². The molecule has 1 aromatic rings. The molecule has 148 valence electrons. The number of ether oxygens (including phenoxy) is 1. The van der Waals surface area contributed by atoms with Crippen LogP contribution in [0.5, 0.6) is 0 Å². The average molecular weight is 371 g/mol. The van der Waals surface area contributed by atoms with Crippen LogP contribution in [-0.2, 0) is 11.3 Å². The van der Waals surface area contributed by atoms with Gasteiger partial charge in [0.2, 0.25) is 0 Å². The van der Waals surface area contributed by atoms with Crippen molar-refractivity contribution in [2.75, 3.05) is 44.3 Å². The third kappa shape index (κ3) is 6.58. The third-order valence-electron chi connectivity index (χ3n) is 5.20. The first kappa shape index (κ1) is 19.7. The summed E-state index contributed by atoms with van der Waals surface area (Å²) >= 11 is 0. The number of hydrogen-bond acceptors (Lipinski definition) is 3. The lowest BCUT2D eigenvalue weighted by atomic mass is 9.97. The Labute approximate surface area is 163 Å². The van der Waals surface area contributed by atoms with E-state index in [9.17, 15) is 0 Å². The molecule has 1 aliphatic carbocycles. The number of guanidine groups is 1. The molecule has 0 aromatic heterocycles. The van der Waals surface area contributed by atoms with Crippen molar-refractivity contribution < 1.29 is 4.74 Å². The zero-order valence-electron chi connectivity index (χ0n) is 16.7. The standard InChI is InChI=1S/C22H34N4O/c1-2-23-22(24-13-12-19-6-4-3-5-7-19)25-18-20-8-10-21(11-9-20)26-14-16-27-17-15-26/h6,8-11H,2-5,7,12-18H2,1H3,(H2,23,24,25). The van der Waals surface area contributed by atoms with Gasteiger partial charge in [-0.15, -0.1) is 0 Å². The second kappa shape index (κ2) is 11.0. The van der Waals surface area contributed by atoms with Crippen LogP contribution in [0.2, 0.25) is 0 Å². The summed E-state index contributed by atoms with van der Waals surface area (Å²) in [7, 11) is 0. The molecule has 0 amide bonds. The van der Waals surface area contributed by atoms with Gasteiger partial charge in [-0.25, -0.2) is 4.99 Å². The third-order valence-corrected chi connectivity index (χ3v) is 5.20. The van der Waals surface area contributed by atoms with Crippen LogP contribution in [0.3, 0.4) is 0 Å². The fourth-order valence-corrected chi connectivity index (χ4v) is 3.62. The van der Waals surface area contributed by atoms with Crippen molar-refractivity contribution in [1.82, 2.24) is 10.6 Å². The Kier molecular flexibility index (Phi) is 8.03. The zero-order valence-corrected chi connectivity index (χ0v) is 16.7. The molecule has 0 unspecified atom stereocenters. The van der Waals surface area contributed by atoms with E-state index in [1.807, 2.05) is 0 Å². The zero-order chi connectivity index (χ0) is 18.7. The van der Waals surface area contributed by atoms with Gasteiger partial charge in [0.25, 0.3) is 0 Å². The lowest BCUT2D eigenvalue weighted by molar-refractivity contribution is 0.122. The fraction of sp³-hybridized carbons (Fsp3) is 0.591. The monoisotopic (exact) mass is 370 g/mol. The molecule has 0 radical (unpaired) electrons. The van der Waals surface area contributed by atoms with Gasteiger partial charge >= 0.3 is 0 Å². The topological polar surface area (TPSA) is 48.9 Å². The summed E-state index contributed by atoms with van der Waals surface area (Å²) in [5.41, 5.74) is 4.11. The molecule has 1 fully saturated rings. The number of anilines is 1. The van der Waals surface area contributed by atoms with Gasteiger partial charge in [0.05, 0.1) is 19.8 Å². The Balaban J connectivity index is 1.48. The fourth-order valence-electron chi connectivity index (χ4n) is 3.62. The second-order valence-corrected chi connectivity index (χ2v) is 7.25. The van der Waals surface area contributed by atoms with Crippen molar-refractivity contribution in [1.29, 1.82) is 0 Å². The highest BCUT2D eigenvalue weighted by Gasteiger charge is 2.10. The first-order valence-corrected chi connectivity index (χ1v) is 10.5. The molecule has 1 aromatic carbocycles. The largest absolute Gasteiger partial charge is 0.378 e. The van der Waals surface area contributed by atoms with E-state index < -0.39 is 0 Å². The highest BCUT2D eigenvalue weighted by molar-refractivity contribution is 5.79. The lowest BCUT2D eigenvalue weighted by Gasteiger charge is -2.28. The number of aliphatic imine (C=N–C) groups is 1. The highest BCUT2D eigenvalue weighted by Crippen LogP contribution is 2.19. The predicted octanol–water partition coefficient (Wildman–Crippen LogP) is 3.47. The summed E-state index contributed by atoms with van der Waals surface area (Å²) in [5, 5.41) is 6.83. The molecule has 3 rings (SSSR count). The summed E-state index contributed by atoms with van der Waals surface area (Å²) in [5.74, 6) is 0.908. The molecular formula is C22H34N4O. The molecule has 0 bridgehead atoms. The van der Waals surface area contributed by atoms with Crippen molar-refractivity contribution >= 4 is 11.6 Å². The van der Waals surface area contributed by atoms with Gasteiger partial charge < -0.3 is 20.3 Å². The van der Waals surface area contributed by atoms with Gasteiger partial charge in [0, 0.05) is 31.9 Å². The first-order valence-electron chi connectivity index (χ1n) is 10.5. The maximum absolute atomic E-state index is 5.43. The minimum absolute atomic E-state index is 0.696.